The smallest absolute Gasteiger partial charge is 0.0909 e. The van der Waals surface area contributed by atoms with Crippen molar-refractivity contribution in [1.82, 2.24) is 0 Å². The highest BCUT2D eigenvalue weighted by atomic mass is 16.5. The summed E-state index contributed by atoms with van der Waals surface area (Å²) in [4.78, 5) is 0. The second-order valence-corrected chi connectivity index (χ2v) is 5.34. The van der Waals surface area contributed by atoms with Crippen LogP contribution in [0.1, 0.15) is 40.5 Å². The van der Waals surface area contributed by atoms with E-state index in [1.54, 1.807) is 0 Å². The molecule has 0 aromatic rings. The first-order valence-corrected chi connectivity index (χ1v) is 5.51. The first kappa shape index (κ1) is 9.97. The van der Waals surface area contributed by atoms with E-state index in [2.05, 4.69) is 45.9 Å². The van der Waals surface area contributed by atoms with E-state index in [1.165, 1.54) is 5.57 Å². The first-order valence-electron chi connectivity index (χ1n) is 5.51. The molecule has 14 heavy (non-hydrogen) atoms. The minimum atomic E-state index is -0.0457. The average Bonchev–Trinajstić information content (AvgIpc) is 2.00. The second-order valence-electron chi connectivity index (χ2n) is 5.34. The van der Waals surface area contributed by atoms with Gasteiger partial charge in [0.2, 0.25) is 0 Å². The number of rotatable bonds is 0. The maximum atomic E-state index is 6.09. The van der Waals surface area contributed by atoms with Gasteiger partial charge >= 0.3 is 0 Å². The summed E-state index contributed by atoms with van der Waals surface area (Å²) in [6.07, 6.45) is 9.40. The summed E-state index contributed by atoms with van der Waals surface area (Å²) in [5, 5.41) is 0. The van der Waals surface area contributed by atoms with Gasteiger partial charge in [-0.05, 0) is 32.3 Å². The van der Waals surface area contributed by atoms with Crippen molar-refractivity contribution in [1.29, 1.82) is 0 Å². The third-order valence-corrected chi connectivity index (χ3v) is 3.42. The van der Waals surface area contributed by atoms with Crippen molar-refractivity contribution < 1.29 is 4.74 Å². The van der Waals surface area contributed by atoms with Crippen molar-refractivity contribution in [2.24, 2.45) is 5.41 Å². The van der Waals surface area contributed by atoms with Gasteiger partial charge in [0.1, 0.15) is 0 Å². The normalized spacial score (nSPS) is 40.3. The SMILES string of the molecule is C[C@@H]1CC=C2C(C)(C)C=CC[C@]2(C)O1. The van der Waals surface area contributed by atoms with Crippen molar-refractivity contribution >= 4 is 0 Å². The topological polar surface area (TPSA) is 9.23 Å². The quantitative estimate of drug-likeness (QED) is 0.534. The van der Waals surface area contributed by atoms with E-state index in [9.17, 15) is 0 Å². The van der Waals surface area contributed by atoms with E-state index in [1.807, 2.05) is 0 Å². The van der Waals surface area contributed by atoms with Gasteiger partial charge in [0, 0.05) is 5.41 Å². The predicted molar refractivity (Wildman–Crippen MR) is 59.2 cm³/mol. The van der Waals surface area contributed by atoms with E-state index in [0.29, 0.717) is 6.10 Å². The average molecular weight is 192 g/mol. The van der Waals surface area contributed by atoms with Crippen LogP contribution in [0.15, 0.2) is 23.8 Å². The minimum Gasteiger partial charge on any atom is -0.367 e. The molecule has 0 bridgehead atoms. The van der Waals surface area contributed by atoms with Gasteiger partial charge in [-0.3, -0.25) is 0 Å². The summed E-state index contributed by atoms with van der Waals surface area (Å²) < 4.78 is 6.09. The Bertz CT molecular complexity index is 298. The second kappa shape index (κ2) is 2.96. The van der Waals surface area contributed by atoms with Gasteiger partial charge in [-0.1, -0.05) is 32.1 Å². The Morgan fingerprint density at radius 1 is 1.36 bits per heavy atom. The number of hydrogen-bond acceptors (Lipinski definition) is 1. The van der Waals surface area contributed by atoms with Crippen molar-refractivity contribution in [3.8, 4) is 0 Å². The standard InChI is InChI=1S/C13H20O/c1-10-6-7-11-12(2,3)8-5-9-13(11,4)14-10/h5,7-8,10H,6,9H2,1-4H3/t10-,13+/m1/s1. The van der Waals surface area contributed by atoms with E-state index in [0.717, 1.165) is 12.8 Å². The van der Waals surface area contributed by atoms with Crippen LogP contribution in [0, 0.1) is 5.41 Å². The number of ether oxygens (including phenoxy) is 1. The van der Waals surface area contributed by atoms with Gasteiger partial charge < -0.3 is 4.74 Å². The molecule has 0 saturated heterocycles. The molecule has 2 atom stereocenters. The zero-order valence-electron chi connectivity index (χ0n) is 9.63. The molecule has 78 valence electrons. The lowest BCUT2D eigenvalue weighted by Crippen LogP contribution is -2.44. The van der Waals surface area contributed by atoms with Crippen molar-refractivity contribution in [2.75, 3.05) is 0 Å². The van der Waals surface area contributed by atoms with Gasteiger partial charge in [0.15, 0.2) is 0 Å². The Morgan fingerprint density at radius 2 is 2.07 bits per heavy atom. The highest BCUT2D eigenvalue weighted by molar-refractivity contribution is 5.34. The monoisotopic (exact) mass is 192 g/mol. The summed E-state index contributed by atoms with van der Waals surface area (Å²) >= 11 is 0. The van der Waals surface area contributed by atoms with Crippen LogP contribution in [0.3, 0.4) is 0 Å². The molecule has 2 rings (SSSR count). The molecule has 0 amide bonds. The molecule has 0 saturated carbocycles. The van der Waals surface area contributed by atoms with Gasteiger partial charge in [-0.15, -0.1) is 0 Å². The number of hydrogen-bond donors (Lipinski definition) is 0. The molecule has 0 aromatic heterocycles. The molecule has 1 aliphatic heterocycles. The van der Waals surface area contributed by atoms with Crippen LogP contribution in [0.5, 0.6) is 0 Å². The van der Waals surface area contributed by atoms with Gasteiger partial charge in [-0.2, -0.15) is 0 Å². The molecule has 1 nitrogen and oxygen atoms in total. The van der Waals surface area contributed by atoms with Crippen LogP contribution < -0.4 is 0 Å². The zero-order valence-corrected chi connectivity index (χ0v) is 9.63. The van der Waals surface area contributed by atoms with Crippen LogP contribution >= 0.6 is 0 Å². The maximum absolute atomic E-state index is 6.09. The summed E-state index contributed by atoms with van der Waals surface area (Å²) in [7, 11) is 0. The Labute approximate surface area is 86.8 Å². The highest BCUT2D eigenvalue weighted by Crippen LogP contribution is 2.46. The molecule has 0 N–H and O–H groups in total. The fourth-order valence-corrected chi connectivity index (χ4v) is 2.83. The van der Waals surface area contributed by atoms with E-state index in [4.69, 9.17) is 4.74 Å². The van der Waals surface area contributed by atoms with Crippen LogP contribution in [-0.2, 0) is 4.74 Å². The Hall–Kier alpha value is -0.560. The third kappa shape index (κ3) is 1.44. The minimum absolute atomic E-state index is 0.0457. The lowest BCUT2D eigenvalue weighted by Gasteiger charge is -2.46. The molecule has 0 spiro atoms. The van der Waals surface area contributed by atoms with Crippen LogP contribution in [-0.4, -0.2) is 11.7 Å². The summed E-state index contributed by atoms with van der Waals surface area (Å²) in [6, 6.07) is 0. The maximum Gasteiger partial charge on any atom is 0.0909 e. The lowest BCUT2D eigenvalue weighted by atomic mass is 9.68. The molecule has 0 unspecified atom stereocenters. The highest BCUT2D eigenvalue weighted by Gasteiger charge is 2.42. The van der Waals surface area contributed by atoms with E-state index < -0.39 is 0 Å². The van der Waals surface area contributed by atoms with E-state index in [-0.39, 0.29) is 11.0 Å². The third-order valence-electron chi connectivity index (χ3n) is 3.42. The van der Waals surface area contributed by atoms with Crippen molar-refractivity contribution in [3.05, 3.63) is 23.8 Å². The Kier molecular flexibility index (Phi) is 2.11. The number of allylic oxidation sites excluding steroid dienone is 1. The molecule has 2 aliphatic rings. The zero-order chi connectivity index (χ0) is 10.4. The summed E-state index contributed by atoms with van der Waals surface area (Å²) in [6.45, 7) is 8.92. The largest absolute Gasteiger partial charge is 0.367 e. The molecule has 0 aromatic carbocycles. The van der Waals surface area contributed by atoms with Gasteiger partial charge in [0.05, 0.1) is 11.7 Å². The molecular weight excluding hydrogens is 172 g/mol. The molecule has 1 heteroatoms. The molecule has 1 heterocycles. The van der Waals surface area contributed by atoms with Crippen LogP contribution in [0.2, 0.25) is 0 Å². The van der Waals surface area contributed by atoms with Gasteiger partial charge in [0.25, 0.3) is 0 Å². The molecule has 0 radical (unpaired) electrons. The van der Waals surface area contributed by atoms with Crippen molar-refractivity contribution in [3.63, 3.8) is 0 Å². The lowest BCUT2D eigenvalue weighted by molar-refractivity contribution is -0.0684. The molecule has 0 fully saturated rings. The first-order chi connectivity index (χ1) is 6.44. The van der Waals surface area contributed by atoms with E-state index >= 15 is 0 Å². The van der Waals surface area contributed by atoms with Crippen molar-refractivity contribution in [2.45, 2.75) is 52.2 Å². The molecule has 1 aliphatic carbocycles. The number of fused-ring (bicyclic) bond motifs is 1. The van der Waals surface area contributed by atoms with Crippen LogP contribution in [0.25, 0.3) is 0 Å². The Morgan fingerprint density at radius 3 is 2.79 bits per heavy atom. The fraction of sp³-hybridized carbons (Fsp3) is 0.692. The van der Waals surface area contributed by atoms with Gasteiger partial charge in [-0.25, -0.2) is 0 Å². The summed E-state index contributed by atoms with van der Waals surface area (Å²) in [5.74, 6) is 0. The Balaban J connectivity index is 2.42. The summed E-state index contributed by atoms with van der Waals surface area (Å²) in [5.41, 5.74) is 1.59. The molecular formula is C13H20O. The fourth-order valence-electron chi connectivity index (χ4n) is 2.83. The van der Waals surface area contributed by atoms with Crippen LogP contribution in [0.4, 0.5) is 0 Å². The predicted octanol–water partition coefficient (Wildman–Crippen LogP) is 3.47.